The van der Waals surface area contributed by atoms with Gasteiger partial charge in [-0.2, -0.15) is 0 Å². The molecule has 1 fully saturated rings. The summed E-state index contributed by atoms with van der Waals surface area (Å²) in [7, 11) is -6.95. The summed E-state index contributed by atoms with van der Waals surface area (Å²) in [6.07, 6.45) is 3.77. The number of ether oxygens (including phenoxy) is 1. The number of rotatable bonds is 10. The lowest BCUT2D eigenvalue weighted by molar-refractivity contribution is -0.0473. The van der Waals surface area contributed by atoms with Crippen molar-refractivity contribution in [1.82, 2.24) is 19.5 Å². The molecule has 6 aromatic rings. The van der Waals surface area contributed by atoms with E-state index < -0.39 is 49.5 Å². The molecule has 1 aliphatic heterocycles. The topological polar surface area (TPSA) is 107 Å². The summed E-state index contributed by atoms with van der Waals surface area (Å²) in [5.41, 5.74) is 8.77. The first kappa shape index (κ1) is 42.6. The number of benzene rings is 4. The van der Waals surface area contributed by atoms with Crippen molar-refractivity contribution < 1.29 is 18.0 Å². The van der Waals surface area contributed by atoms with E-state index in [1.165, 1.54) is 38.6 Å². The minimum Gasteiger partial charge on any atom is -0.414 e. The molecule has 2 aromatic heterocycles. The van der Waals surface area contributed by atoms with Crippen LogP contribution in [0.15, 0.2) is 60.9 Å². The minimum absolute atomic E-state index is 0.0237. The number of anilines is 1. The second-order valence-corrected chi connectivity index (χ2v) is 35.3. The van der Waals surface area contributed by atoms with Crippen LogP contribution in [0.25, 0.3) is 55.6 Å². The number of hydrogen-bond donors (Lipinski definition) is 1. The highest BCUT2D eigenvalue weighted by Gasteiger charge is 2.55. The van der Waals surface area contributed by atoms with Gasteiger partial charge in [0.05, 0.1) is 6.61 Å². The normalized spacial score (nSPS) is 20.5. The monoisotopic (exact) mass is 835 g/mol. The van der Waals surface area contributed by atoms with Gasteiger partial charge in [-0.15, -0.1) is 0 Å². The summed E-state index contributed by atoms with van der Waals surface area (Å²) in [6.45, 7) is 34.7. The van der Waals surface area contributed by atoms with Crippen molar-refractivity contribution in [2.45, 2.75) is 141 Å². The van der Waals surface area contributed by atoms with E-state index in [0.717, 1.165) is 5.56 Å². The quantitative estimate of drug-likeness (QED) is 0.107. The molecule has 0 bridgehead atoms. The van der Waals surface area contributed by atoms with E-state index in [4.69, 9.17) is 33.7 Å². The predicted molar refractivity (Wildman–Crippen MR) is 250 cm³/mol. The molecule has 310 valence electrons. The van der Waals surface area contributed by atoms with E-state index in [9.17, 15) is 0 Å². The van der Waals surface area contributed by atoms with Gasteiger partial charge in [0.25, 0.3) is 0 Å². The Morgan fingerprint density at radius 3 is 1.84 bits per heavy atom. The molecule has 0 radical (unpaired) electrons. The lowest BCUT2D eigenvalue weighted by atomic mass is 9.92. The van der Waals surface area contributed by atoms with Crippen molar-refractivity contribution in [2.24, 2.45) is 0 Å². The van der Waals surface area contributed by atoms with Gasteiger partial charge in [-0.25, -0.2) is 15.0 Å². The van der Waals surface area contributed by atoms with Gasteiger partial charge in [0.1, 0.15) is 30.5 Å². The number of hydrogen-bond acceptors (Lipinski definition) is 8. The molecule has 4 atom stereocenters. The number of aromatic nitrogens is 4. The van der Waals surface area contributed by atoms with Crippen molar-refractivity contribution in [3.63, 3.8) is 0 Å². The zero-order valence-electron chi connectivity index (χ0n) is 37.4. The average Bonchev–Trinajstić information content (AvgIpc) is 3.64. The van der Waals surface area contributed by atoms with E-state index in [1.807, 2.05) is 0 Å². The highest BCUT2D eigenvalue weighted by molar-refractivity contribution is 6.75. The van der Waals surface area contributed by atoms with Gasteiger partial charge < -0.3 is 23.7 Å². The summed E-state index contributed by atoms with van der Waals surface area (Å²) in [5, 5.41) is 7.32. The molecule has 3 heterocycles. The largest absolute Gasteiger partial charge is 0.414 e. The fourth-order valence-electron chi connectivity index (χ4n) is 7.24. The summed E-state index contributed by atoms with van der Waals surface area (Å²) in [6, 6.07) is 19.8. The summed E-state index contributed by atoms with van der Waals surface area (Å²) >= 11 is 0. The smallest absolute Gasteiger partial charge is 0.192 e. The maximum atomic E-state index is 7.54. The van der Waals surface area contributed by atoms with Crippen molar-refractivity contribution in [3.8, 4) is 0 Å². The molecular weight excluding hydrogens is 771 g/mol. The first-order valence-corrected chi connectivity index (χ1v) is 29.5. The Labute approximate surface area is 348 Å². The van der Waals surface area contributed by atoms with Crippen LogP contribution in [-0.2, 0) is 18.0 Å². The van der Waals surface area contributed by atoms with Crippen LogP contribution < -0.4 is 5.73 Å². The number of fused-ring (bicyclic) bond motifs is 1. The lowest BCUT2D eigenvalue weighted by Crippen LogP contribution is -2.54. The van der Waals surface area contributed by atoms with Crippen LogP contribution in [0.5, 0.6) is 0 Å². The van der Waals surface area contributed by atoms with Gasteiger partial charge in [0.2, 0.25) is 0 Å². The van der Waals surface area contributed by atoms with Gasteiger partial charge in [-0.05, 0) is 98.4 Å². The van der Waals surface area contributed by atoms with Crippen LogP contribution in [0.1, 0.15) is 79.9 Å². The number of nitrogen functional groups attached to an aromatic ring is 1. The average molecular weight is 836 g/mol. The van der Waals surface area contributed by atoms with Crippen molar-refractivity contribution >= 4 is 86.4 Å². The van der Waals surface area contributed by atoms with Crippen molar-refractivity contribution in [1.29, 1.82) is 0 Å². The zero-order chi connectivity index (χ0) is 42.4. The fourth-order valence-corrected chi connectivity index (χ4v) is 10.9. The van der Waals surface area contributed by atoms with Crippen LogP contribution >= 0.6 is 0 Å². The van der Waals surface area contributed by atoms with Gasteiger partial charge in [-0.3, -0.25) is 4.57 Å². The standard InChI is InChI=1S/C46H65N5O4Si3/c1-44(2,3)56(10,11)52-27-34-39(54-57(12,13)45(4,5)6)40(55-58(14,15)46(7,8)9)43(53-34)51-35(50-38-41(47)48-28-49-42(38)51)26-24-29-19-20-32-22-21-30-17-16-18-31-23-25-33(29)37(32)36(30)31/h16-26,28,34,39-40,43H,27H2,1-15H3,(H2,47,48,49)/b26-24+/t34-,39-,40-,43-/m1/s1. The molecule has 0 spiro atoms. The van der Waals surface area contributed by atoms with Crippen molar-refractivity contribution in [2.75, 3.05) is 12.3 Å². The minimum atomic E-state index is -2.42. The van der Waals surface area contributed by atoms with Crippen LogP contribution in [0, 0.1) is 0 Å². The molecule has 12 heteroatoms. The third-order valence-electron chi connectivity index (χ3n) is 13.9. The Bertz CT molecular complexity index is 2480. The molecule has 0 amide bonds. The summed E-state index contributed by atoms with van der Waals surface area (Å²) in [5.74, 6) is 0.964. The molecular formula is C46H65N5O4Si3. The summed E-state index contributed by atoms with van der Waals surface area (Å²) < 4.78 is 31.4. The van der Waals surface area contributed by atoms with Gasteiger partial charge in [-0.1, -0.05) is 123 Å². The second kappa shape index (κ2) is 14.6. The van der Waals surface area contributed by atoms with Crippen LogP contribution in [0.3, 0.4) is 0 Å². The van der Waals surface area contributed by atoms with Gasteiger partial charge in [0, 0.05) is 0 Å². The third kappa shape index (κ3) is 7.58. The third-order valence-corrected chi connectivity index (χ3v) is 27.4. The van der Waals surface area contributed by atoms with Crippen molar-refractivity contribution in [3.05, 3.63) is 72.3 Å². The highest BCUT2D eigenvalue weighted by atomic mass is 28.4. The zero-order valence-corrected chi connectivity index (χ0v) is 40.4. The SMILES string of the molecule is CC(C)(C)[Si](C)(C)OC[C@H]1O[C@@H](n2c(/C=C/c3ccc4ccc5cccc6ccc3c4c56)nc3c(N)ncnc32)[C@H](O[Si](C)(C)C(C)(C)C)[C@@H]1O[Si](C)(C)C(C)(C)C. The maximum Gasteiger partial charge on any atom is 0.192 e. The Hall–Kier alpha value is -3.50. The Morgan fingerprint density at radius 1 is 0.690 bits per heavy atom. The van der Waals surface area contributed by atoms with Gasteiger partial charge >= 0.3 is 0 Å². The number of nitrogens with two attached hydrogens (primary N) is 1. The predicted octanol–water partition coefficient (Wildman–Crippen LogP) is 12.2. The lowest BCUT2D eigenvalue weighted by Gasteiger charge is -2.44. The molecule has 58 heavy (non-hydrogen) atoms. The highest BCUT2D eigenvalue weighted by Crippen LogP contribution is 2.48. The molecule has 7 rings (SSSR count). The molecule has 0 aliphatic carbocycles. The van der Waals surface area contributed by atoms with Crippen LogP contribution in [0.4, 0.5) is 5.82 Å². The van der Waals surface area contributed by atoms with E-state index >= 15 is 0 Å². The second-order valence-electron chi connectivity index (χ2n) is 20.9. The van der Waals surface area contributed by atoms with Gasteiger partial charge in [0.15, 0.2) is 48.2 Å². The first-order valence-electron chi connectivity index (χ1n) is 20.8. The fraction of sp³-hybridized carbons (Fsp3) is 0.500. The van der Waals surface area contributed by atoms with E-state index in [1.54, 1.807) is 0 Å². The van der Waals surface area contributed by atoms with Crippen LogP contribution in [-0.4, -0.2) is 69.4 Å². The molecule has 2 N–H and O–H groups in total. The molecule has 1 aliphatic rings. The van der Waals surface area contributed by atoms with E-state index in [2.05, 4.69) is 178 Å². The Morgan fingerprint density at radius 2 is 1.24 bits per heavy atom. The van der Waals surface area contributed by atoms with E-state index in [-0.39, 0.29) is 15.1 Å². The van der Waals surface area contributed by atoms with E-state index in [0.29, 0.717) is 29.4 Å². The number of imidazole rings is 1. The molecule has 1 saturated heterocycles. The molecule has 0 saturated carbocycles. The number of nitrogens with zero attached hydrogens (tertiary/aromatic N) is 4. The molecule has 4 aromatic carbocycles. The Kier molecular flexibility index (Phi) is 10.7. The molecule has 0 unspecified atom stereocenters. The first-order chi connectivity index (χ1) is 26.8. The summed E-state index contributed by atoms with van der Waals surface area (Å²) in [4.78, 5) is 14.3. The molecule has 9 nitrogen and oxygen atoms in total. The van der Waals surface area contributed by atoms with Crippen LogP contribution in [0.2, 0.25) is 54.4 Å². The maximum absolute atomic E-state index is 7.54. The Balaban J connectivity index is 1.40.